The van der Waals surface area contributed by atoms with Gasteiger partial charge in [0.2, 0.25) is 0 Å². The zero-order valence-electron chi connectivity index (χ0n) is 13.4. The van der Waals surface area contributed by atoms with Gasteiger partial charge in [0.05, 0.1) is 21.4 Å². The highest BCUT2D eigenvalue weighted by molar-refractivity contribution is 6.42. The van der Waals surface area contributed by atoms with Gasteiger partial charge in [-0.3, -0.25) is 4.98 Å². The summed E-state index contributed by atoms with van der Waals surface area (Å²) in [7, 11) is 0. The number of halogens is 3. The maximum absolute atomic E-state index is 13.3. The van der Waals surface area contributed by atoms with E-state index < -0.39 is 0 Å². The number of pyridine rings is 1. The number of nitrogens with zero attached hydrogens (tertiary/aromatic N) is 2. The molecule has 0 radical (unpaired) electrons. The standard InChI is InChI=1S/C20H12Cl2FN3/c21-16-6-3-14(11-17(16)22)20-25-18(12-1-4-15(23)5-2-12)19(26-20)13-7-9-24-10-8-13/h1-11H,(H,25,26). The van der Waals surface area contributed by atoms with Gasteiger partial charge in [-0.25, -0.2) is 9.37 Å². The van der Waals surface area contributed by atoms with Gasteiger partial charge in [0.1, 0.15) is 11.6 Å². The highest BCUT2D eigenvalue weighted by Gasteiger charge is 2.16. The Morgan fingerprint density at radius 2 is 1.46 bits per heavy atom. The van der Waals surface area contributed by atoms with Crippen molar-refractivity contribution < 1.29 is 4.39 Å². The van der Waals surface area contributed by atoms with Crippen LogP contribution in [0.25, 0.3) is 33.9 Å². The van der Waals surface area contributed by atoms with Crippen molar-refractivity contribution >= 4 is 23.2 Å². The lowest BCUT2D eigenvalue weighted by molar-refractivity contribution is 0.628. The lowest BCUT2D eigenvalue weighted by Gasteiger charge is -2.02. The Balaban J connectivity index is 1.90. The molecule has 0 fully saturated rings. The molecular weight excluding hydrogens is 372 g/mol. The van der Waals surface area contributed by atoms with Gasteiger partial charge in [0, 0.05) is 29.1 Å². The van der Waals surface area contributed by atoms with E-state index in [1.54, 1.807) is 36.7 Å². The maximum atomic E-state index is 13.3. The molecule has 2 aromatic heterocycles. The quantitative estimate of drug-likeness (QED) is 0.454. The topological polar surface area (TPSA) is 41.6 Å². The average molecular weight is 384 g/mol. The minimum absolute atomic E-state index is 0.292. The van der Waals surface area contributed by atoms with Crippen LogP contribution in [0.3, 0.4) is 0 Å². The molecule has 2 heterocycles. The molecule has 4 rings (SSSR count). The summed E-state index contributed by atoms with van der Waals surface area (Å²) >= 11 is 12.1. The van der Waals surface area contributed by atoms with Gasteiger partial charge >= 0.3 is 0 Å². The third-order valence-electron chi connectivity index (χ3n) is 3.98. The summed E-state index contributed by atoms with van der Waals surface area (Å²) in [4.78, 5) is 12.1. The molecule has 0 spiro atoms. The SMILES string of the molecule is Fc1ccc(-c2nc(-c3ccc(Cl)c(Cl)c3)[nH]c2-c2ccncc2)cc1. The Kier molecular flexibility index (Phi) is 4.45. The molecule has 0 unspecified atom stereocenters. The summed E-state index contributed by atoms with van der Waals surface area (Å²) in [5.74, 6) is 0.356. The number of hydrogen-bond donors (Lipinski definition) is 1. The van der Waals surface area contributed by atoms with Gasteiger partial charge in [-0.15, -0.1) is 0 Å². The summed E-state index contributed by atoms with van der Waals surface area (Å²) in [6.07, 6.45) is 3.42. The average Bonchev–Trinajstić information content (AvgIpc) is 3.11. The molecule has 0 atom stereocenters. The minimum atomic E-state index is -0.292. The molecule has 1 N–H and O–H groups in total. The van der Waals surface area contributed by atoms with Gasteiger partial charge in [0.25, 0.3) is 0 Å². The van der Waals surface area contributed by atoms with Crippen LogP contribution in [0.5, 0.6) is 0 Å². The second kappa shape index (κ2) is 6.90. The number of benzene rings is 2. The lowest BCUT2D eigenvalue weighted by Crippen LogP contribution is -1.84. The fourth-order valence-electron chi connectivity index (χ4n) is 2.70. The molecule has 0 saturated heterocycles. The minimum Gasteiger partial charge on any atom is -0.337 e. The van der Waals surface area contributed by atoms with Crippen molar-refractivity contribution in [2.24, 2.45) is 0 Å². The number of aromatic nitrogens is 3. The van der Waals surface area contributed by atoms with Gasteiger partial charge in [-0.1, -0.05) is 23.2 Å². The van der Waals surface area contributed by atoms with Crippen LogP contribution in [-0.4, -0.2) is 15.0 Å². The second-order valence-electron chi connectivity index (χ2n) is 5.68. The molecule has 128 valence electrons. The molecule has 0 aliphatic carbocycles. The third-order valence-corrected chi connectivity index (χ3v) is 4.72. The molecule has 0 saturated carbocycles. The van der Waals surface area contributed by atoms with E-state index in [-0.39, 0.29) is 5.82 Å². The molecule has 0 amide bonds. The van der Waals surface area contributed by atoms with Crippen LogP contribution in [0.15, 0.2) is 67.0 Å². The van der Waals surface area contributed by atoms with Crippen LogP contribution in [0.1, 0.15) is 0 Å². The van der Waals surface area contributed by atoms with E-state index in [1.165, 1.54) is 12.1 Å². The molecule has 2 aromatic carbocycles. The summed E-state index contributed by atoms with van der Waals surface area (Å²) < 4.78 is 13.3. The van der Waals surface area contributed by atoms with Gasteiger partial charge in [0.15, 0.2) is 0 Å². The summed E-state index contributed by atoms with van der Waals surface area (Å²) in [5.41, 5.74) is 4.08. The maximum Gasteiger partial charge on any atom is 0.138 e. The molecular formula is C20H12Cl2FN3. The second-order valence-corrected chi connectivity index (χ2v) is 6.50. The van der Waals surface area contributed by atoms with E-state index in [9.17, 15) is 4.39 Å². The number of H-pyrrole nitrogens is 1. The van der Waals surface area contributed by atoms with Crippen molar-refractivity contribution in [3.8, 4) is 33.9 Å². The summed E-state index contributed by atoms with van der Waals surface area (Å²) in [5, 5.41) is 0.935. The van der Waals surface area contributed by atoms with E-state index in [4.69, 9.17) is 28.2 Å². The number of imidazole rings is 1. The Labute approximate surface area is 159 Å². The first-order valence-corrected chi connectivity index (χ1v) is 8.59. The number of nitrogens with one attached hydrogen (secondary N) is 1. The van der Waals surface area contributed by atoms with Crippen LogP contribution >= 0.6 is 23.2 Å². The molecule has 0 bridgehead atoms. The molecule has 26 heavy (non-hydrogen) atoms. The summed E-state index contributed by atoms with van der Waals surface area (Å²) in [6.45, 7) is 0. The van der Waals surface area contributed by atoms with Crippen molar-refractivity contribution in [3.63, 3.8) is 0 Å². The van der Waals surface area contributed by atoms with E-state index in [1.807, 2.05) is 18.2 Å². The van der Waals surface area contributed by atoms with E-state index in [0.717, 1.165) is 28.1 Å². The van der Waals surface area contributed by atoms with Crippen LogP contribution in [0.4, 0.5) is 4.39 Å². The monoisotopic (exact) mass is 383 g/mol. The highest BCUT2D eigenvalue weighted by Crippen LogP contribution is 2.34. The normalized spacial score (nSPS) is 10.9. The van der Waals surface area contributed by atoms with Gasteiger partial charge in [-0.05, 0) is 54.6 Å². The van der Waals surface area contributed by atoms with Crippen LogP contribution in [0, 0.1) is 5.82 Å². The fraction of sp³-hybridized carbons (Fsp3) is 0. The van der Waals surface area contributed by atoms with Crippen molar-refractivity contribution in [1.29, 1.82) is 0 Å². The predicted octanol–water partition coefficient (Wildman–Crippen LogP) is 6.25. The summed E-state index contributed by atoms with van der Waals surface area (Å²) in [6, 6.07) is 15.3. The fourth-order valence-corrected chi connectivity index (χ4v) is 3.00. The molecule has 0 aliphatic rings. The smallest absolute Gasteiger partial charge is 0.138 e. The zero-order valence-corrected chi connectivity index (χ0v) is 14.9. The Hall–Kier alpha value is -2.69. The number of hydrogen-bond acceptors (Lipinski definition) is 2. The largest absolute Gasteiger partial charge is 0.337 e. The molecule has 6 heteroatoms. The van der Waals surface area contributed by atoms with Crippen LogP contribution in [-0.2, 0) is 0 Å². The Morgan fingerprint density at radius 1 is 0.769 bits per heavy atom. The molecule has 0 aliphatic heterocycles. The van der Waals surface area contributed by atoms with E-state index in [2.05, 4.69) is 9.97 Å². The van der Waals surface area contributed by atoms with Crippen molar-refractivity contribution in [2.45, 2.75) is 0 Å². The first-order valence-electron chi connectivity index (χ1n) is 7.83. The lowest BCUT2D eigenvalue weighted by atomic mass is 10.1. The Morgan fingerprint density at radius 3 is 2.15 bits per heavy atom. The molecule has 4 aromatic rings. The van der Waals surface area contributed by atoms with Crippen molar-refractivity contribution in [1.82, 2.24) is 15.0 Å². The van der Waals surface area contributed by atoms with Crippen LogP contribution in [0.2, 0.25) is 10.0 Å². The zero-order chi connectivity index (χ0) is 18.1. The first kappa shape index (κ1) is 16.8. The Bertz CT molecular complexity index is 1060. The first-order chi connectivity index (χ1) is 12.6. The highest BCUT2D eigenvalue weighted by atomic mass is 35.5. The van der Waals surface area contributed by atoms with Crippen molar-refractivity contribution in [2.75, 3.05) is 0 Å². The van der Waals surface area contributed by atoms with Crippen LogP contribution < -0.4 is 0 Å². The van der Waals surface area contributed by atoms with Crippen molar-refractivity contribution in [3.05, 3.63) is 82.9 Å². The van der Waals surface area contributed by atoms with E-state index in [0.29, 0.717) is 15.9 Å². The predicted molar refractivity (Wildman–Crippen MR) is 103 cm³/mol. The third kappa shape index (κ3) is 3.21. The van der Waals surface area contributed by atoms with Gasteiger partial charge in [-0.2, -0.15) is 0 Å². The number of rotatable bonds is 3. The van der Waals surface area contributed by atoms with Gasteiger partial charge < -0.3 is 4.98 Å². The van der Waals surface area contributed by atoms with E-state index >= 15 is 0 Å². The molecule has 3 nitrogen and oxygen atoms in total. The number of aromatic amines is 1.